The molecule has 4 aliphatic rings. The third-order valence-corrected chi connectivity index (χ3v) is 3.27. The van der Waals surface area contributed by atoms with Gasteiger partial charge in [0.25, 0.3) is 11.8 Å². The molecule has 2 amide bonds. The van der Waals surface area contributed by atoms with Crippen LogP contribution in [0.4, 0.5) is 0 Å². The summed E-state index contributed by atoms with van der Waals surface area (Å²) >= 11 is 0. The maximum absolute atomic E-state index is 12.1. The van der Waals surface area contributed by atoms with Gasteiger partial charge in [0.05, 0.1) is 17.6 Å². The fourth-order valence-electron chi connectivity index (χ4n) is 2.26. The second-order valence-corrected chi connectivity index (χ2v) is 4.51. The molecule has 0 spiro atoms. The minimum Gasteiger partial charge on any atom is -0.300 e. The molecule has 92 valence electrons. The van der Waals surface area contributed by atoms with E-state index in [4.69, 9.17) is 0 Å². The van der Waals surface area contributed by atoms with E-state index in [1.54, 1.807) is 0 Å². The van der Waals surface area contributed by atoms with Crippen molar-refractivity contribution in [2.24, 2.45) is 9.98 Å². The molecule has 0 atom stereocenters. The van der Waals surface area contributed by atoms with Gasteiger partial charge in [-0.3, -0.25) is 19.8 Å². The fourth-order valence-corrected chi connectivity index (χ4v) is 2.26. The van der Waals surface area contributed by atoms with Crippen LogP contribution >= 0.6 is 0 Å². The Morgan fingerprint density at radius 3 is 3.00 bits per heavy atom. The minimum absolute atomic E-state index is 0.346. The number of allylic oxidation sites excluding steroid dienone is 1. The topological polar surface area (TPSA) is 90.4 Å². The van der Waals surface area contributed by atoms with E-state index in [0.29, 0.717) is 11.4 Å². The Balaban J connectivity index is 1.68. The molecule has 0 radical (unpaired) electrons. The van der Waals surface area contributed by atoms with Gasteiger partial charge in [-0.15, -0.1) is 0 Å². The first-order valence-electron chi connectivity index (χ1n) is 5.82. The summed E-state index contributed by atoms with van der Waals surface area (Å²) < 4.78 is 0. The van der Waals surface area contributed by atoms with Crippen LogP contribution in [0.25, 0.3) is 11.3 Å². The summed E-state index contributed by atoms with van der Waals surface area (Å²) in [6.07, 6.45) is 5.05. The second-order valence-electron chi connectivity index (χ2n) is 4.51. The molecule has 0 aromatic rings. The van der Waals surface area contributed by atoms with Gasteiger partial charge >= 0.3 is 0 Å². The first kappa shape index (κ1) is 10.2. The zero-order valence-electron chi connectivity index (χ0n) is 9.73. The Morgan fingerprint density at radius 1 is 1.32 bits per heavy atom. The van der Waals surface area contributed by atoms with Crippen LogP contribution in [0.2, 0.25) is 0 Å². The SMILES string of the molecule is O=C1C=CC(=NC(=O)c2[nH][nH]c3c4c(cc2-3)C4)C=N1. The Labute approximate surface area is 107 Å². The molecule has 0 fully saturated rings. The summed E-state index contributed by atoms with van der Waals surface area (Å²) in [5, 5.41) is 5.84. The number of aromatic nitrogens is 2. The smallest absolute Gasteiger partial charge is 0.296 e. The van der Waals surface area contributed by atoms with E-state index in [1.807, 2.05) is 6.07 Å². The van der Waals surface area contributed by atoms with Crippen molar-refractivity contribution in [1.82, 2.24) is 10.2 Å². The number of hydrogen-bond donors (Lipinski definition) is 2. The summed E-state index contributed by atoms with van der Waals surface area (Å²) in [6.45, 7) is 0. The zero-order valence-corrected chi connectivity index (χ0v) is 9.73. The number of H-pyrrole nitrogens is 2. The maximum atomic E-state index is 12.1. The molecule has 0 aromatic carbocycles. The number of aromatic amines is 2. The van der Waals surface area contributed by atoms with Gasteiger partial charge in [-0.05, 0) is 23.3 Å². The van der Waals surface area contributed by atoms with Gasteiger partial charge in [0.1, 0.15) is 5.69 Å². The molecule has 19 heavy (non-hydrogen) atoms. The Bertz CT molecular complexity index is 770. The van der Waals surface area contributed by atoms with Crippen LogP contribution in [0.3, 0.4) is 0 Å². The van der Waals surface area contributed by atoms with E-state index in [2.05, 4.69) is 20.2 Å². The monoisotopic (exact) mass is 252 g/mol. The van der Waals surface area contributed by atoms with E-state index in [1.165, 1.54) is 29.5 Å². The number of fused-ring (bicyclic) bond motifs is 3. The van der Waals surface area contributed by atoms with Crippen molar-refractivity contribution in [3.63, 3.8) is 0 Å². The number of nitrogens with zero attached hydrogens (tertiary/aromatic N) is 2. The summed E-state index contributed by atoms with van der Waals surface area (Å²) in [5.41, 5.74) is 5.22. The number of nitrogens with one attached hydrogen (secondary N) is 2. The van der Waals surface area contributed by atoms with Crippen LogP contribution in [0.15, 0.2) is 28.2 Å². The first-order valence-corrected chi connectivity index (χ1v) is 5.82. The van der Waals surface area contributed by atoms with E-state index in [9.17, 15) is 9.59 Å². The average molecular weight is 252 g/mol. The van der Waals surface area contributed by atoms with Gasteiger partial charge in [-0.2, -0.15) is 0 Å². The first-order chi connectivity index (χ1) is 9.22. The minimum atomic E-state index is -0.378. The highest BCUT2D eigenvalue weighted by molar-refractivity contribution is 6.41. The number of aliphatic imine (C=N–C) groups is 2. The molecule has 6 nitrogen and oxygen atoms in total. The number of amides is 2. The Kier molecular flexibility index (Phi) is 1.81. The van der Waals surface area contributed by atoms with E-state index < -0.39 is 0 Å². The lowest BCUT2D eigenvalue weighted by molar-refractivity contribution is -0.113. The highest BCUT2D eigenvalue weighted by atomic mass is 16.2. The molecule has 0 aromatic heterocycles. The van der Waals surface area contributed by atoms with E-state index in [0.717, 1.165) is 17.7 Å². The van der Waals surface area contributed by atoms with Crippen molar-refractivity contribution in [3.8, 4) is 11.3 Å². The number of carbonyl (C=O) groups is 2. The number of carbonyl (C=O) groups excluding carboxylic acids is 2. The summed E-state index contributed by atoms with van der Waals surface area (Å²) in [4.78, 5) is 30.4. The molecule has 2 aliphatic heterocycles. The van der Waals surface area contributed by atoms with Crippen LogP contribution < -0.4 is 0 Å². The molecular weight excluding hydrogens is 244 g/mol. The van der Waals surface area contributed by atoms with Crippen molar-refractivity contribution in [2.45, 2.75) is 6.42 Å². The summed E-state index contributed by atoms with van der Waals surface area (Å²) in [7, 11) is 0. The van der Waals surface area contributed by atoms with Crippen LogP contribution in [0.5, 0.6) is 0 Å². The highest BCUT2D eigenvalue weighted by Crippen LogP contribution is 2.43. The van der Waals surface area contributed by atoms with Crippen molar-refractivity contribution in [3.05, 3.63) is 35.0 Å². The van der Waals surface area contributed by atoms with Gasteiger partial charge in [0.2, 0.25) is 0 Å². The number of hydrogen-bond acceptors (Lipinski definition) is 2. The van der Waals surface area contributed by atoms with Crippen molar-refractivity contribution < 1.29 is 9.59 Å². The van der Waals surface area contributed by atoms with Crippen molar-refractivity contribution in [1.29, 1.82) is 0 Å². The molecule has 2 heterocycles. The standard InChI is InChI=1S/C13H8N4O2/c18-10-2-1-7(5-14-10)15-13(19)12-9-4-6-3-8(6)11(9)16-17-12/h1-2,4-5,16-17H,3H2. The Hall–Kier alpha value is -2.76. The van der Waals surface area contributed by atoms with Crippen LogP contribution in [0.1, 0.15) is 21.6 Å². The molecule has 2 aliphatic carbocycles. The largest absolute Gasteiger partial charge is 0.300 e. The van der Waals surface area contributed by atoms with Gasteiger partial charge < -0.3 is 0 Å². The Morgan fingerprint density at radius 2 is 2.21 bits per heavy atom. The number of rotatable bonds is 1. The third-order valence-electron chi connectivity index (χ3n) is 3.27. The van der Waals surface area contributed by atoms with Crippen LogP contribution in [0, 0.1) is 0 Å². The lowest BCUT2D eigenvalue weighted by atomic mass is 10.1. The summed E-state index contributed by atoms with van der Waals surface area (Å²) in [6, 6.07) is 2.00. The highest BCUT2D eigenvalue weighted by Gasteiger charge is 2.31. The zero-order chi connectivity index (χ0) is 13.0. The van der Waals surface area contributed by atoms with Crippen molar-refractivity contribution >= 4 is 23.7 Å². The van der Waals surface area contributed by atoms with Crippen LogP contribution in [-0.4, -0.2) is 33.9 Å². The predicted octanol–water partition coefficient (Wildman–Crippen LogP) is 1.10. The quantitative estimate of drug-likeness (QED) is 0.679. The van der Waals surface area contributed by atoms with Gasteiger partial charge in [-0.25, -0.2) is 9.98 Å². The number of dihydropyridines is 1. The third kappa shape index (κ3) is 1.50. The van der Waals surface area contributed by atoms with E-state index >= 15 is 0 Å². The van der Waals surface area contributed by atoms with Gasteiger partial charge in [-0.1, -0.05) is 0 Å². The second kappa shape index (κ2) is 3.38. The lowest BCUT2D eigenvalue weighted by Crippen LogP contribution is -2.08. The molecule has 4 rings (SSSR count). The van der Waals surface area contributed by atoms with Crippen LogP contribution in [-0.2, 0) is 11.2 Å². The molecule has 0 saturated heterocycles. The van der Waals surface area contributed by atoms with Crippen molar-refractivity contribution in [2.75, 3.05) is 0 Å². The maximum Gasteiger partial charge on any atom is 0.296 e. The summed E-state index contributed by atoms with van der Waals surface area (Å²) in [5.74, 6) is -0.724. The molecule has 6 heteroatoms. The molecule has 0 unspecified atom stereocenters. The lowest BCUT2D eigenvalue weighted by Gasteiger charge is -1.98. The molecule has 0 saturated carbocycles. The van der Waals surface area contributed by atoms with Gasteiger partial charge in [0, 0.05) is 18.1 Å². The molecule has 2 N–H and O–H groups in total. The predicted molar refractivity (Wildman–Crippen MR) is 69.0 cm³/mol. The average Bonchev–Trinajstić information content (AvgIpc) is 2.89. The van der Waals surface area contributed by atoms with E-state index in [-0.39, 0.29) is 11.8 Å². The molecular formula is C13H8N4O2. The fraction of sp³-hybridized carbons (Fsp3) is 0.0769. The normalized spacial score (nSPS) is 18.3. The van der Waals surface area contributed by atoms with Gasteiger partial charge in [0.15, 0.2) is 0 Å². The molecule has 0 bridgehead atoms.